The molecule has 0 aliphatic heterocycles. The molecule has 112 valence electrons. The number of phenols is 1. The highest BCUT2D eigenvalue weighted by Gasteiger charge is 2.37. The van der Waals surface area contributed by atoms with Gasteiger partial charge in [0.2, 0.25) is 0 Å². The molecule has 1 aromatic carbocycles. The molecule has 2 nitrogen and oxygen atoms in total. The quantitative estimate of drug-likeness (QED) is 0.895. The van der Waals surface area contributed by atoms with E-state index < -0.39 is 0 Å². The van der Waals surface area contributed by atoms with Crippen LogP contribution in [0.15, 0.2) is 24.3 Å². The number of nitrogens with zero attached hydrogens (tertiary/aromatic N) is 1. The van der Waals surface area contributed by atoms with Crippen molar-refractivity contribution in [3.63, 3.8) is 0 Å². The van der Waals surface area contributed by atoms with Crippen LogP contribution in [-0.2, 0) is 6.42 Å². The molecule has 0 unspecified atom stereocenters. The Labute approximate surface area is 123 Å². The Balaban J connectivity index is 2.09. The van der Waals surface area contributed by atoms with Gasteiger partial charge in [0.1, 0.15) is 5.75 Å². The molecule has 0 aromatic heterocycles. The van der Waals surface area contributed by atoms with E-state index in [4.69, 9.17) is 0 Å². The van der Waals surface area contributed by atoms with Crippen LogP contribution in [0.1, 0.15) is 45.1 Å². The van der Waals surface area contributed by atoms with Crippen LogP contribution in [-0.4, -0.2) is 29.6 Å². The van der Waals surface area contributed by atoms with E-state index in [-0.39, 0.29) is 0 Å². The first-order valence-corrected chi connectivity index (χ1v) is 7.88. The summed E-state index contributed by atoms with van der Waals surface area (Å²) in [6.45, 7) is 4.71. The maximum absolute atomic E-state index is 9.42. The van der Waals surface area contributed by atoms with Crippen LogP contribution in [0.25, 0.3) is 0 Å². The lowest BCUT2D eigenvalue weighted by Gasteiger charge is -2.46. The molecule has 1 N–H and O–H groups in total. The van der Waals surface area contributed by atoms with Crippen molar-refractivity contribution in [2.75, 3.05) is 14.1 Å². The summed E-state index contributed by atoms with van der Waals surface area (Å²) >= 11 is 0. The first-order valence-electron chi connectivity index (χ1n) is 7.88. The van der Waals surface area contributed by atoms with Crippen molar-refractivity contribution in [1.82, 2.24) is 4.90 Å². The molecule has 0 heterocycles. The second-order valence-corrected chi connectivity index (χ2v) is 7.04. The molecule has 1 fully saturated rings. The minimum absolute atomic E-state index is 0.294. The highest BCUT2D eigenvalue weighted by atomic mass is 16.3. The van der Waals surface area contributed by atoms with E-state index in [2.05, 4.69) is 45.0 Å². The fourth-order valence-corrected chi connectivity index (χ4v) is 3.62. The van der Waals surface area contributed by atoms with Gasteiger partial charge in [-0.3, -0.25) is 0 Å². The van der Waals surface area contributed by atoms with Gasteiger partial charge in [-0.25, -0.2) is 0 Å². The van der Waals surface area contributed by atoms with Gasteiger partial charge in [-0.15, -0.1) is 0 Å². The molecule has 1 saturated carbocycles. The van der Waals surface area contributed by atoms with Crippen molar-refractivity contribution in [2.24, 2.45) is 11.8 Å². The molecule has 2 heteroatoms. The van der Waals surface area contributed by atoms with Crippen molar-refractivity contribution in [1.29, 1.82) is 0 Å². The smallest absolute Gasteiger partial charge is 0.115 e. The SMILES string of the molecule is CC(C)C1CCC(Cc2ccc(O)cc2)(N(C)C)CC1. The highest BCUT2D eigenvalue weighted by Crippen LogP contribution is 2.40. The number of phenolic OH excluding ortho intramolecular Hbond substituents is 1. The maximum Gasteiger partial charge on any atom is 0.115 e. The molecular formula is C18H29NO. The predicted octanol–water partition coefficient (Wildman–Crippen LogP) is 4.08. The van der Waals surface area contributed by atoms with E-state index >= 15 is 0 Å². The number of benzene rings is 1. The summed E-state index contributed by atoms with van der Waals surface area (Å²) in [5.41, 5.74) is 1.63. The number of rotatable bonds is 4. The number of likely N-dealkylation sites (N-methyl/N-ethyl adjacent to an activating group) is 1. The first kappa shape index (κ1) is 15.4. The van der Waals surface area contributed by atoms with E-state index in [1.54, 1.807) is 12.1 Å². The summed E-state index contributed by atoms with van der Waals surface area (Å²) in [6.07, 6.45) is 6.33. The van der Waals surface area contributed by atoms with Crippen LogP contribution in [0, 0.1) is 11.8 Å². The zero-order valence-corrected chi connectivity index (χ0v) is 13.4. The Morgan fingerprint density at radius 1 is 1.15 bits per heavy atom. The Hall–Kier alpha value is -1.02. The summed E-state index contributed by atoms with van der Waals surface area (Å²) in [5.74, 6) is 2.06. The predicted molar refractivity (Wildman–Crippen MR) is 85.0 cm³/mol. The molecule has 0 amide bonds. The second-order valence-electron chi connectivity index (χ2n) is 7.04. The van der Waals surface area contributed by atoms with Gasteiger partial charge in [-0.2, -0.15) is 0 Å². The van der Waals surface area contributed by atoms with Crippen molar-refractivity contribution in [2.45, 2.75) is 51.5 Å². The minimum atomic E-state index is 0.294. The van der Waals surface area contributed by atoms with Gasteiger partial charge in [0.25, 0.3) is 0 Å². The van der Waals surface area contributed by atoms with Crippen LogP contribution < -0.4 is 0 Å². The lowest BCUT2D eigenvalue weighted by Crippen LogP contribution is -2.49. The molecule has 0 atom stereocenters. The molecule has 1 aliphatic carbocycles. The summed E-state index contributed by atoms with van der Waals surface area (Å²) < 4.78 is 0. The third-order valence-electron chi connectivity index (χ3n) is 5.32. The van der Waals surface area contributed by atoms with Crippen molar-refractivity contribution in [3.8, 4) is 5.75 Å². The number of hydrogen-bond acceptors (Lipinski definition) is 2. The lowest BCUT2D eigenvalue weighted by molar-refractivity contribution is 0.0683. The summed E-state index contributed by atoms with van der Waals surface area (Å²) in [4.78, 5) is 2.43. The van der Waals surface area contributed by atoms with Gasteiger partial charge >= 0.3 is 0 Å². The number of aromatic hydroxyl groups is 1. The molecule has 0 bridgehead atoms. The zero-order valence-electron chi connectivity index (χ0n) is 13.4. The molecule has 2 rings (SSSR count). The standard InChI is InChI=1S/C18H29NO/c1-14(2)16-9-11-18(12-10-16,19(3)4)13-15-5-7-17(20)8-6-15/h5-8,14,16,20H,9-13H2,1-4H3. The molecule has 1 aliphatic rings. The third kappa shape index (κ3) is 3.35. The summed E-state index contributed by atoms with van der Waals surface area (Å²) in [5, 5.41) is 9.42. The van der Waals surface area contributed by atoms with E-state index in [1.807, 2.05) is 0 Å². The lowest BCUT2D eigenvalue weighted by atomic mass is 9.70. The molecule has 0 radical (unpaired) electrons. The van der Waals surface area contributed by atoms with Crippen LogP contribution in [0.4, 0.5) is 0 Å². The van der Waals surface area contributed by atoms with Crippen LogP contribution >= 0.6 is 0 Å². The molecular weight excluding hydrogens is 246 g/mol. The van der Waals surface area contributed by atoms with E-state index in [0.29, 0.717) is 11.3 Å². The van der Waals surface area contributed by atoms with Gasteiger partial charge in [-0.1, -0.05) is 26.0 Å². The Morgan fingerprint density at radius 2 is 1.70 bits per heavy atom. The molecule has 20 heavy (non-hydrogen) atoms. The Morgan fingerprint density at radius 3 is 2.15 bits per heavy atom. The normalized spacial score (nSPS) is 27.2. The van der Waals surface area contributed by atoms with Crippen LogP contribution in [0.2, 0.25) is 0 Å². The Bertz CT molecular complexity index is 414. The number of hydrogen-bond donors (Lipinski definition) is 1. The van der Waals surface area contributed by atoms with E-state index in [1.165, 1.54) is 31.2 Å². The monoisotopic (exact) mass is 275 g/mol. The van der Waals surface area contributed by atoms with Crippen LogP contribution in [0.5, 0.6) is 5.75 Å². The van der Waals surface area contributed by atoms with Crippen LogP contribution in [0.3, 0.4) is 0 Å². The zero-order chi connectivity index (χ0) is 14.8. The molecule has 0 spiro atoms. The molecule has 0 saturated heterocycles. The Kier molecular flexibility index (Phi) is 4.74. The van der Waals surface area contributed by atoms with Crippen molar-refractivity contribution in [3.05, 3.63) is 29.8 Å². The van der Waals surface area contributed by atoms with Gasteiger partial charge < -0.3 is 10.0 Å². The molecule has 1 aromatic rings. The highest BCUT2D eigenvalue weighted by molar-refractivity contribution is 5.27. The van der Waals surface area contributed by atoms with E-state index in [9.17, 15) is 5.11 Å². The largest absolute Gasteiger partial charge is 0.508 e. The van der Waals surface area contributed by atoms with Gasteiger partial charge in [0.05, 0.1) is 0 Å². The summed E-state index contributed by atoms with van der Waals surface area (Å²) in [6, 6.07) is 7.74. The third-order valence-corrected chi connectivity index (χ3v) is 5.32. The van der Waals surface area contributed by atoms with Gasteiger partial charge in [0.15, 0.2) is 0 Å². The summed E-state index contributed by atoms with van der Waals surface area (Å²) in [7, 11) is 4.44. The van der Waals surface area contributed by atoms with Crippen molar-refractivity contribution < 1.29 is 5.11 Å². The topological polar surface area (TPSA) is 23.5 Å². The second kappa shape index (κ2) is 6.17. The van der Waals surface area contributed by atoms with E-state index in [0.717, 1.165) is 18.3 Å². The average molecular weight is 275 g/mol. The average Bonchev–Trinajstić information content (AvgIpc) is 2.42. The van der Waals surface area contributed by atoms with Crippen molar-refractivity contribution >= 4 is 0 Å². The fourth-order valence-electron chi connectivity index (χ4n) is 3.62. The minimum Gasteiger partial charge on any atom is -0.508 e. The maximum atomic E-state index is 9.42. The van der Waals surface area contributed by atoms with Gasteiger partial charge in [-0.05, 0) is 75.7 Å². The van der Waals surface area contributed by atoms with Gasteiger partial charge in [0, 0.05) is 5.54 Å². The first-order chi connectivity index (χ1) is 9.43. The fraction of sp³-hybridized carbons (Fsp3) is 0.667.